The Morgan fingerprint density at radius 3 is 0.778 bits per heavy atom. The molecule has 0 aromatic carbocycles. The van der Waals surface area contributed by atoms with Gasteiger partial charge in [0.05, 0.1) is 0 Å². The van der Waals surface area contributed by atoms with E-state index in [9.17, 15) is 14.4 Å². The first-order valence-corrected chi connectivity index (χ1v) is 35.1. The topological polar surface area (TPSA) is 78.9 Å². The van der Waals surface area contributed by atoms with Gasteiger partial charge in [-0.2, -0.15) is 0 Å². The van der Waals surface area contributed by atoms with Gasteiger partial charge in [0.25, 0.3) is 0 Å². The summed E-state index contributed by atoms with van der Waals surface area (Å²) in [6.07, 6.45) is 91.8. The zero-order valence-corrected chi connectivity index (χ0v) is 53.8. The highest BCUT2D eigenvalue weighted by Crippen LogP contribution is 2.18. The van der Waals surface area contributed by atoms with Crippen LogP contribution in [0.3, 0.4) is 0 Å². The first-order valence-electron chi connectivity index (χ1n) is 35.1. The molecule has 6 nitrogen and oxygen atoms in total. The molecule has 0 saturated heterocycles. The maximum Gasteiger partial charge on any atom is 0.306 e. The van der Waals surface area contributed by atoms with Crippen molar-refractivity contribution in [3.63, 3.8) is 0 Å². The number of carbonyl (C=O) groups excluding carboxylic acids is 3. The fourth-order valence-corrected chi connectivity index (χ4v) is 10.2. The van der Waals surface area contributed by atoms with E-state index in [0.717, 1.165) is 96.3 Å². The van der Waals surface area contributed by atoms with Crippen LogP contribution < -0.4 is 0 Å². The molecule has 0 aliphatic heterocycles. The predicted molar refractivity (Wildman–Crippen MR) is 353 cm³/mol. The van der Waals surface area contributed by atoms with Gasteiger partial charge in [0.15, 0.2) is 6.10 Å². The van der Waals surface area contributed by atoms with Gasteiger partial charge in [-0.25, -0.2) is 0 Å². The van der Waals surface area contributed by atoms with Gasteiger partial charge in [-0.15, -0.1) is 0 Å². The minimum atomic E-state index is -0.796. The summed E-state index contributed by atoms with van der Waals surface area (Å²) in [5, 5.41) is 0. The Bertz CT molecular complexity index is 1530. The van der Waals surface area contributed by atoms with Crippen molar-refractivity contribution in [3.05, 3.63) is 85.1 Å². The van der Waals surface area contributed by atoms with Crippen molar-refractivity contribution in [3.8, 4) is 0 Å². The van der Waals surface area contributed by atoms with E-state index in [-0.39, 0.29) is 31.1 Å². The number of hydrogen-bond donors (Lipinski definition) is 0. The van der Waals surface area contributed by atoms with Gasteiger partial charge in [-0.05, 0) is 96.3 Å². The molecule has 0 saturated carbocycles. The average molecular weight is 1130 g/mol. The molecule has 0 spiro atoms. The number of esters is 3. The van der Waals surface area contributed by atoms with Crippen LogP contribution in [0.5, 0.6) is 0 Å². The monoisotopic (exact) mass is 1130 g/mol. The van der Waals surface area contributed by atoms with Crippen LogP contribution in [0.15, 0.2) is 85.1 Å². The number of hydrogen-bond acceptors (Lipinski definition) is 6. The fraction of sp³-hybridized carbons (Fsp3) is 0.773. The molecule has 1 unspecified atom stereocenters. The summed E-state index contributed by atoms with van der Waals surface area (Å²) in [6.45, 7) is 6.53. The molecular formula is C75H132O6. The molecule has 6 heteroatoms. The third-order valence-corrected chi connectivity index (χ3v) is 15.4. The average Bonchev–Trinajstić information content (AvgIpc) is 3.47. The smallest absolute Gasteiger partial charge is 0.306 e. The normalized spacial score (nSPS) is 12.6. The molecule has 0 N–H and O–H groups in total. The summed E-state index contributed by atoms with van der Waals surface area (Å²) in [6, 6.07) is 0. The van der Waals surface area contributed by atoms with Crippen LogP contribution in [0.2, 0.25) is 0 Å². The highest BCUT2D eigenvalue weighted by Gasteiger charge is 2.19. The molecule has 0 aliphatic carbocycles. The van der Waals surface area contributed by atoms with Crippen molar-refractivity contribution < 1.29 is 28.6 Å². The van der Waals surface area contributed by atoms with Crippen molar-refractivity contribution in [2.24, 2.45) is 0 Å². The highest BCUT2D eigenvalue weighted by atomic mass is 16.6. The minimum absolute atomic E-state index is 0.0891. The molecular weight excluding hydrogens is 997 g/mol. The third kappa shape index (κ3) is 67.3. The Balaban J connectivity index is 4.34. The van der Waals surface area contributed by atoms with E-state index in [4.69, 9.17) is 14.2 Å². The van der Waals surface area contributed by atoms with Crippen LogP contribution in [-0.2, 0) is 28.6 Å². The van der Waals surface area contributed by atoms with Crippen molar-refractivity contribution in [1.29, 1.82) is 0 Å². The molecule has 0 amide bonds. The molecule has 0 rings (SSSR count). The largest absolute Gasteiger partial charge is 0.462 e. The maximum absolute atomic E-state index is 13.0. The van der Waals surface area contributed by atoms with Crippen molar-refractivity contribution in [2.45, 2.75) is 361 Å². The van der Waals surface area contributed by atoms with Gasteiger partial charge in [0.2, 0.25) is 0 Å². The molecule has 0 aromatic rings. The minimum Gasteiger partial charge on any atom is -0.462 e. The van der Waals surface area contributed by atoms with E-state index in [2.05, 4.69) is 106 Å². The molecule has 1 atom stereocenters. The van der Waals surface area contributed by atoms with E-state index in [1.807, 2.05) is 0 Å². The number of unbranched alkanes of at least 4 members (excludes halogenated alkanes) is 39. The first-order chi connectivity index (χ1) is 40.0. The summed E-state index contributed by atoms with van der Waals surface area (Å²) in [5.41, 5.74) is 0. The molecule has 81 heavy (non-hydrogen) atoms. The number of rotatable bonds is 64. The van der Waals surface area contributed by atoms with Gasteiger partial charge in [-0.3, -0.25) is 14.4 Å². The summed E-state index contributed by atoms with van der Waals surface area (Å²) in [7, 11) is 0. The molecule has 0 aromatic heterocycles. The van der Waals surface area contributed by atoms with Crippen LogP contribution in [0, 0.1) is 0 Å². The molecule has 0 aliphatic rings. The molecule has 0 bridgehead atoms. The Morgan fingerprint density at radius 1 is 0.259 bits per heavy atom. The second-order valence-electron chi connectivity index (χ2n) is 23.4. The van der Waals surface area contributed by atoms with Gasteiger partial charge >= 0.3 is 17.9 Å². The summed E-state index contributed by atoms with van der Waals surface area (Å²) in [4.78, 5) is 38.4. The SMILES string of the molecule is CC/C=C\C/C=C\C/C=C\C/C=C\CCCCC(=O)OCC(COC(=O)CCCCCCCCCCCC/C=C\C/C=C\C/C=C\CCCCCCC)OC(=O)CCCCCCCCCCCCCCCCCCCCCCCCC. The lowest BCUT2D eigenvalue weighted by Gasteiger charge is -2.18. The van der Waals surface area contributed by atoms with Gasteiger partial charge in [0, 0.05) is 19.3 Å². The van der Waals surface area contributed by atoms with E-state index >= 15 is 0 Å². The second-order valence-corrected chi connectivity index (χ2v) is 23.4. The Labute approximate surface area is 503 Å². The lowest BCUT2D eigenvalue weighted by Crippen LogP contribution is -2.30. The Kier molecular flexibility index (Phi) is 66.2. The van der Waals surface area contributed by atoms with E-state index in [1.165, 1.54) is 218 Å². The highest BCUT2D eigenvalue weighted by molar-refractivity contribution is 5.71. The van der Waals surface area contributed by atoms with Crippen LogP contribution in [0.4, 0.5) is 0 Å². The zero-order chi connectivity index (χ0) is 58.5. The number of carbonyl (C=O) groups is 3. The van der Waals surface area contributed by atoms with Crippen LogP contribution >= 0.6 is 0 Å². The van der Waals surface area contributed by atoms with E-state index in [1.54, 1.807) is 0 Å². The van der Waals surface area contributed by atoms with Gasteiger partial charge in [-0.1, -0.05) is 324 Å². The third-order valence-electron chi connectivity index (χ3n) is 15.4. The predicted octanol–water partition coefficient (Wildman–Crippen LogP) is 24.2. The van der Waals surface area contributed by atoms with Crippen LogP contribution in [0.25, 0.3) is 0 Å². The van der Waals surface area contributed by atoms with Gasteiger partial charge in [0.1, 0.15) is 13.2 Å². The quantitative estimate of drug-likeness (QED) is 0.0261. The van der Waals surface area contributed by atoms with Crippen molar-refractivity contribution >= 4 is 17.9 Å². The van der Waals surface area contributed by atoms with Gasteiger partial charge < -0.3 is 14.2 Å². The zero-order valence-electron chi connectivity index (χ0n) is 53.8. The van der Waals surface area contributed by atoms with Crippen molar-refractivity contribution in [1.82, 2.24) is 0 Å². The molecule has 0 radical (unpaired) electrons. The molecule has 0 fully saturated rings. The lowest BCUT2D eigenvalue weighted by molar-refractivity contribution is -0.167. The maximum atomic E-state index is 13.0. The lowest BCUT2D eigenvalue weighted by atomic mass is 10.0. The van der Waals surface area contributed by atoms with Crippen LogP contribution in [0.1, 0.15) is 355 Å². The Morgan fingerprint density at radius 2 is 0.481 bits per heavy atom. The molecule has 468 valence electrons. The summed E-state index contributed by atoms with van der Waals surface area (Å²) < 4.78 is 17.0. The van der Waals surface area contributed by atoms with E-state index in [0.29, 0.717) is 19.3 Å². The van der Waals surface area contributed by atoms with E-state index < -0.39 is 6.10 Å². The van der Waals surface area contributed by atoms with Crippen molar-refractivity contribution in [2.75, 3.05) is 13.2 Å². The summed E-state index contributed by atoms with van der Waals surface area (Å²) in [5.74, 6) is -0.917. The summed E-state index contributed by atoms with van der Waals surface area (Å²) >= 11 is 0. The number of allylic oxidation sites excluding steroid dienone is 14. The number of ether oxygens (including phenoxy) is 3. The van der Waals surface area contributed by atoms with Crippen LogP contribution in [-0.4, -0.2) is 37.2 Å². The second kappa shape index (κ2) is 69.1. The Hall–Kier alpha value is -3.41. The standard InChI is InChI=1S/C75H132O6/c1-4-7-10-13-16-19-22-25-28-30-32-34-36-37-39-40-42-44-47-50-53-56-59-62-65-68-74(77)80-71-72(70-79-73(76)67-64-61-58-55-52-49-46-27-24-21-18-15-12-9-6-3)81-75(78)69-66-63-60-57-54-51-48-45-43-41-38-35-33-31-29-26-23-20-17-14-11-8-5-2/h9,12,18,21-22,25,27,30,32,36-37,46,52,55,72H,4-8,10-11,13-17,19-20,23-24,26,28-29,31,33-35,38-45,47-51,53-54,56-71H2,1-3H3/b12-9-,21-18-,25-22-,32-30-,37-36-,46-27-,55-52-. The first kappa shape index (κ1) is 77.6. The fourth-order valence-electron chi connectivity index (χ4n) is 10.2. The molecule has 0 heterocycles.